The normalized spacial score (nSPS) is 22.4. The van der Waals surface area contributed by atoms with Crippen molar-refractivity contribution in [3.63, 3.8) is 0 Å². The van der Waals surface area contributed by atoms with Crippen molar-refractivity contribution in [3.05, 3.63) is 28.8 Å². The average molecular weight is 467 g/mol. The molecule has 1 unspecified atom stereocenters. The summed E-state index contributed by atoms with van der Waals surface area (Å²) in [7, 11) is 1.48. The predicted octanol–water partition coefficient (Wildman–Crippen LogP) is 1.07. The highest BCUT2D eigenvalue weighted by Crippen LogP contribution is 2.35. The zero-order chi connectivity index (χ0) is 23.0. The number of thiocarbonyl (C=S) groups is 1. The lowest BCUT2D eigenvalue weighted by molar-refractivity contribution is -0.122. The number of ether oxygens (including phenoxy) is 2. The Morgan fingerprint density at radius 2 is 2.26 bits per heavy atom. The number of amides is 1. The summed E-state index contributed by atoms with van der Waals surface area (Å²) in [4.78, 5) is 25.8. The van der Waals surface area contributed by atoms with Gasteiger partial charge in [-0.1, -0.05) is 24.2 Å². The molecule has 0 radical (unpaired) electrons. The number of thioether (sulfide) groups is 1. The Balaban J connectivity index is 2.43. The molecule has 0 aliphatic carbocycles. The Morgan fingerprint density at radius 3 is 2.90 bits per heavy atom. The summed E-state index contributed by atoms with van der Waals surface area (Å²) in [5.74, 6) is 1.94. The second-order valence-corrected chi connectivity index (χ2v) is 8.44. The third-order valence-electron chi connectivity index (χ3n) is 4.75. The van der Waals surface area contributed by atoms with Crippen LogP contribution < -0.4 is 15.4 Å². The van der Waals surface area contributed by atoms with Gasteiger partial charge in [0.15, 0.2) is 0 Å². The van der Waals surface area contributed by atoms with Crippen molar-refractivity contribution in [2.24, 2.45) is 0 Å². The maximum Gasteiger partial charge on any atom is 0.339 e. The van der Waals surface area contributed by atoms with Gasteiger partial charge in [0.05, 0.1) is 30.8 Å². The van der Waals surface area contributed by atoms with Crippen molar-refractivity contribution in [2.75, 3.05) is 26.0 Å². The van der Waals surface area contributed by atoms with Crippen LogP contribution in [-0.2, 0) is 9.53 Å². The topological polar surface area (TPSA) is 117 Å². The van der Waals surface area contributed by atoms with Crippen LogP contribution in [0.4, 0.5) is 0 Å². The van der Waals surface area contributed by atoms with Gasteiger partial charge >= 0.3 is 5.97 Å². The molecule has 0 spiro atoms. The van der Waals surface area contributed by atoms with E-state index in [1.165, 1.54) is 7.11 Å². The fourth-order valence-electron chi connectivity index (χ4n) is 3.09. The minimum absolute atomic E-state index is 0.0632. The molecule has 4 N–H and O–H groups in total. The molecule has 1 amide bonds. The number of terminal acetylenes is 1. The van der Waals surface area contributed by atoms with Crippen LogP contribution in [0.5, 0.6) is 5.75 Å². The number of rotatable bonds is 4. The number of benzene rings is 1. The standard InChI is InChI=1S/C21H26N2O6S2/c1-4-9-22-19(25)15-11-31-21(27)14-6-7-16(28-3)12(2)18(14)20(26)29-13(10-24)5-8-17(30)23-15/h1,6-7,13,15,21,24,27H,5,8-11H2,2-3H3,(H,22,25)(H,23,30)/t13-,15-,21?/m0/s1. The van der Waals surface area contributed by atoms with Crippen molar-refractivity contribution in [1.82, 2.24) is 10.6 Å². The van der Waals surface area contributed by atoms with Gasteiger partial charge in [0.2, 0.25) is 5.91 Å². The van der Waals surface area contributed by atoms with Crippen molar-refractivity contribution in [2.45, 2.75) is 37.3 Å². The van der Waals surface area contributed by atoms with Crippen LogP contribution >= 0.6 is 24.0 Å². The van der Waals surface area contributed by atoms with E-state index in [4.69, 9.17) is 28.1 Å². The Morgan fingerprint density at radius 1 is 1.52 bits per heavy atom. The summed E-state index contributed by atoms with van der Waals surface area (Å²) >= 11 is 6.38. The lowest BCUT2D eigenvalue weighted by Gasteiger charge is -2.21. The van der Waals surface area contributed by atoms with Gasteiger partial charge in [0.1, 0.15) is 23.3 Å². The largest absolute Gasteiger partial charge is 0.496 e. The van der Waals surface area contributed by atoms with E-state index in [1.807, 2.05) is 0 Å². The van der Waals surface area contributed by atoms with Gasteiger partial charge in [-0.15, -0.1) is 18.2 Å². The second kappa shape index (κ2) is 11.9. The molecule has 1 aliphatic rings. The molecule has 0 aromatic heterocycles. The summed E-state index contributed by atoms with van der Waals surface area (Å²) in [6, 6.07) is 2.49. The number of carbonyl (C=O) groups is 2. The highest BCUT2D eigenvalue weighted by molar-refractivity contribution is 7.99. The Bertz CT molecular complexity index is 870. The summed E-state index contributed by atoms with van der Waals surface area (Å²) in [5.41, 5.74) is -0.123. The van der Waals surface area contributed by atoms with E-state index < -0.39 is 30.2 Å². The van der Waals surface area contributed by atoms with Gasteiger partial charge in [-0.2, -0.15) is 0 Å². The Hall–Kier alpha value is -2.32. The van der Waals surface area contributed by atoms with E-state index in [0.29, 0.717) is 28.3 Å². The number of esters is 1. The number of hydrogen-bond donors (Lipinski definition) is 4. The molecule has 2 rings (SSSR count). The van der Waals surface area contributed by atoms with E-state index in [1.54, 1.807) is 19.1 Å². The van der Waals surface area contributed by atoms with Gasteiger partial charge < -0.3 is 30.3 Å². The van der Waals surface area contributed by atoms with Crippen LogP contribution in [0.2, 0.25) is 0 Å². The molecule has 3 atom stereocenters. The molecule has 31 heavy (non-hydrogen) atoms. The zero-order valence-corrected chi connectivity index (χ0v) is 19.0. The fourth-order valence-corrected chi connectivity index (χ4v) is 4.33. The van der Waals surface area contributed by atoms with Gasteiger partial charge in [0.25, 0.3) is 0 Å². The van der Waals surface area contributed by atoms with Crippen LogP contribution in [0.15, 0.2) is 12.1 Å². The number of cyclic esters (lactones) is 1. The van der Waals surface area contributed by atoms with E-state index in [-0.39, 0.29) is 30.2 Å². The first-order valence-electron chi connectivity index (χ1n) is 9.61. The average Bonchev–Trinajstić information content (AvgIpc) is 2.76. The van der Waals surface area contributed by atoms with E-state index in [2.05, 4.69) is 16.6 Å². The molecule has 8 nitrogen and oxygen atoms in total. The monoisotopic (exact) mass is 466 g/mol. The number of aliphatic hydroxyl groups is 2. The maximum absolute atomic E-state index is 12.9. The number of nitrogens with one attached hydrogen (secondary N) is 2. The first kappa shape index (κ1) is 24.9. The van der Waals surface area contributed by atoms with Crippen LogP contribution in [0.3, 0.4) is 0 Å². The zero-order valence-electron chi connectivity index (χ0n) is 17.3. The smallest absolute Gasteiger partial charge is 0.339 e. The molecule has 1 aliphatic heterocycles. The molecule has 1 heterocycles. The van der Waals surface area contributed by atoms with Crippen LogP contribution in [0, 0.1) is 19.3 Å². The molecule has 0 bridgehead atoms. The Kier molecular flexibility index (Phi) is 9.58. The number of hydrogen-bond acceptors (Lipinski definition) is 8. The third kappa shape index (κ3) is 6.58. The summed E-state index contributed by atoms with van der Waals surface area (Å²) in [6.07, 6.45) is 4.97. The number of fused-ring (bicyclic) bond motifs is 1. The molecule has 168 valence electrons. The Labute approximate surface area is 191 Å². The predicted molar refractivity (Wildman–Crippen MR) is 122 cm³/mol. The summed E-state index contributed by atoms with van der Waals surface area (Å²) in [5, 5.41) is 26.1. The molecule has 0 saturated heterocycles. The first-order chi connectivity index (χ1) is 14.8. The van der Waals surface area contributed by atoms with Crippen LogP contribution in [0.25, 0.3) is 0 Å². The molecule has 0 fully saturated rings. The molecule has 1 aromatic carbocycles. The molecular formula is C21H26N2O6S2. The molecule has 10 heteroatoms. The second-order valence-electron chi connectivity index (χ2n) is 6.83. The van der Waals surface area contributed by atoms with Crippen LogP contribution in [-0.4, -0.2) is 65.2 Å². The van der Waals surface area contributed by atoms with Crippen molar-refractivity contribution < 1.29 is 29.3 Å². The number of carbonyl (C=O) groups excluding carboxylic acids is 2. The van der Waals surface area contributed by atoms with Gasteiger partial charge in [0, 0.05) is 23.3 Å². The van der Waals surface area contributed by atoms with Gasteiger partial charge in [-0.3, -0.25) is 4.79 Å². The molecule has 1 aromatic rings. The fraction of sp³-hybridized carbons (Fsp3) is 0.476. The molecule has 0 saturated carbocycles. The summed E-state index contributed by atoms with van der Waals surface area (Å²) in [6.45, 7) is 1.36. The van der Waals surface area contributed by atoms with Crippen molar-refractivity contribution in [3.8, 4) is 18.1 Å². The quantitative estimate of drug-likeness (QED) is 0.294. The molecular weight excluding hydrogens is 440 g/mol. The van der Waals surface area contributed by atoms with Crippen LogP contribution in [0.1, 0.15) is 39.8 Å². The minimum Gasteiger partial charge on any atom is -0.496 e. The maximum atomic E-state index is 12.9. The highest BCUT2D eigenvalue weighted by atomic mass is 32.2. The third-order valence-corrected chi connectivity index (χ3v) is 6.16. The lowest BCUT2D eigenvalue weighted by Crippen LogP contribution is -2.48. The van der Waals surface area contributed by atoms with E-state index in [9.17, 15) is 19.8 Å². The van der Waals surface area contributed by atoms with Gasteiger partial charge in [-0.05, 0) is 19.4 Å². The van der Waals surface area contributed by atoms with E-state index in [0.717, 1.165) is 11.8 Å². The minimum atomic E-state index is -1.13. The van der Waals surface area contributed by atoms with Gasteiger partial charge in [-0.25, -0.2) is 4.79 Å². The SMILES string of the molecule is C#CCNC(=O)[C@@H]1CSC(O)c2ccc(OC)c(C)c2C(=O)O[C@H](CO)CCC(=S)N1. The number of aliphatic hydroxyl groups excluding tert-OH is 2. The lowest BCUT2D eigenvalue weighted by atomic mass is 10.0. The highest BCUT2D eigenvalue weighted by Gasteiger charge is 2.28. The number of methoxy groups -OCH3 is 1. The van der Waals surface area contributed by atoms with Crippen molar-refractivity contribution >= 4 is 40.8 Å². The summed E-state index contributed by atoms with van der Waals surface area (Å²) < 4.78 is 10.8. The first-order valence-corrected chi connectivity index (χ1v) is 11.1. The van der Waals surface area contributed by atoms with Crippen molar-refractivity contribution in [1.29, 1.82) is 0 Å². The van der Waals surface area contributed by atoms with E-state index >= 15 is 0 Å².